The van der Waals surface area contributed by atoms with E-state index in [1.54, 1.807) is 6.92 Å². The molecule has 1 unspecified atom stereocenters. The first kappa shape index (κ1) is 11.4. The van der Waals surface area contributed by atoms with Gasteiger partial charge in [-0.2, -0.15) is 0 Å². The second-order valence-electron chi connectivity index (χ2n) is 3.48. The fourth-order valence-corrected chi connectivity index (χ4v) is 0.890. The molecule has 0 aliphatic heterocycles. The van der Waals surface area contributed by atoms with E-state index in [4.69, 9.17) is 10.5 Å². The summed E-state index contributed by atoms with van der Waals surface area (Å²) in [6.45, 7) is 9.28. The van der Waals surface area contributed by atoms with E-state index >= 15 is 0 Å². The van der Waals surface area contributed by atoms with Gasteiger partial charge in [-0.25, -0.2) is 0 Å². The maximum atomic E-state index is 11.1. The lowest BCUT2D eigenvalue weighted by Gasteiger charge is -2.14. The molecule has 0 heterocycles. The molecular weight excluding hydrogens is 154 g/mol. The topological polar surface area (TPSA) is 52.3 Å². The average molecular weight is 172 g/mol. The predicted octanol–water partition coefficient (Wildman–Crippen LogP) is 1.13. The summed E-state index contributed by atoms with van der Waals surface area (Å²) in [5, 5.41) is 0. The Morgan fingerprint density at radius 3 is 2.33 bits per heavy atom. The van der Waals surface area contributed by atoms with E-state index in [1.165, 1.54) is 0 Å². The lowest BCUT2D eigenvalue weighted by molar-refractivity contribution is -0.148. The van der Waals surface area contributed by atoms with Crippen LogP contribution in [0.5, 0.6) is 0 Å². The monoisotopic (exact) mass is 172 g/mol. The molecule has 0 bridgehead atoms. The Morgan fingerprint density at radius 2 is 2.00 bits per heavy atom. The Labute approximate surface area is 74.3 Å². The summed E-state index contributed by atoms with van der Waals surface area (Å²) in [4.78, 5) is 11.1. The quantitative estimate of drug-likeness (QED) is 0.647. The second kappa shape index (κ2) is 5.14. The maximum absolute atomic E-state index is 11.1. The van der Waals surface area contributed by atoms with Gasteiger partial charge in [0.1, 0.15) is 6.04 Å². The van der Waals surface area contributed by atoms with Gasteiger partial charge in [0.05, 0.1) is 6.10 Å². The van der Waals surface area contributed by atoms with Gasteiger partial charge >= 0.3 is 5.97 Å². The van der Waals surface area contributed by atoms with E-state index in [9.17, 15) is 4.79 Å². The van der Waals surface area contributed by atoms with Crippen molar-refractivity contribution in [1.82, 2.24) is 0 Å². The van der Waals surface area contributed by atoms with E-state index in [0.717, 1.165) is 0 Å². The van der Waals surface area contributed by atoms with Crippen LogP contribution in [0.2, 0.25) is 0 Å². The molecule has 0 saturated carbocycles. The summed E-state index contributed by atoms with van der Waals surface area (Å²) in [5.74, 6) is 0.0545. The highest BCUT2D eigenvalue weighted by molar-refractivity contribution is 5.75. The molecule has 12 heavy (non-hydrogen) atoms. The van der Waals surface area contributed by atoms with Crippen LogP contribution in [0, 0.1) is 12.8 Å². The molecule has 2 N–H and O–H groups in total. The zero-order valence-corrected chi connectivity index (χ0v) is 8.04. The van der Waals surface area contributed by atoms with E-state index < -0.39 is 6.04 Å². The molecule has 0 aromatic carbocycles. The van der Waals surface area contributed by atoms with Crippen molar-refractivity contribution in [2.45, 2.75) is 39.3 Å². The van der Waals surface area contributed by atoms with Crippen LogP contribution >= 0.6 is 0 Å². The van der Waals surface area contributed by atoms with Crippen molar-refractivity contribution in [2.24, 2.45) is 11.7 Å². The maximum Gasteiger partial charge on any atom is 0.323 e. The number of rotatable bonds is 4. The highest BCUT2D eigenvalue weighted by atomic mass is 16.5. The third-order valence-corrected chi connectivity index (χ3v) is 1.35. The lowest BCUT2D eigenvalue weighted by Crippen LogP contribution is -2.35. The van der Waals surface area contributed by atoms with Crippen LogP contribution in [0.4, 0.5) is 0 Å². The van der Waals surface area contributed by atoms with Crippen LogP contribution in [0.25, 0.3) is 0 Å². The van der Waals surface area contributed by atoms with Gasteiger partial charge in [0, 0.05) is 0 Å². The van der Waals surface area contributed by atoms with Crippen molar-refractivity contribution in [3.8, 4) is 0 Å². The van der Waals surface area contributed by atoms with Gasteiger partial charge in [0.15, 0.2) is 0 Å². The molecule has 0 aromatic heterocycles. The summed E-state index contributed by atoms with van der Waals surface area (Å²) in [6, 6.07) is -0.505. The standard InChI is InChI=1S/C9H18NO2/c1-6(2)5-8(10)9(11)12-7(3)4/h6-8H,3,5,10H2,1-2,4H3/t7?,8-/m0/s1. The first-order valence-electron chi connectivity index (χ1n) is 4.22. The van der Waals surface area contributed by atoms with E-state index in [1.807, 2.05) is 13.8 Å². The number of esters is 1. The van der Waals surface area contributed by atoms with Crippen LogP contribution in [0.15, 0.2) is 0 Å². The molecule has 3 nitrogen and oxygen atoms in total. The highest BCUT2D eigenvalue weighted by Gasteiger charge is 2.17. The van der Waals surface area contributed by atoms with E-state index in [0.29, 0.717) is 12.3 Å². The van der Waals surface area contributed by atoms with Crippen molar-refractivity contribution in [1.29, 1.82) is 0 Å². The number of carbonyl (C=O) groups is 1. The SMILES string of the molecule is [CH2]C(C)OC(=O)[C@@H](N)CC(C)C. The Balaban J connectivity index is 3.77. The fourth-order valence-electron chi connectivity index (χ4n) is 0.890. The summed E-state index contributed by atoms with van der Waals surface area (Å²) in [5.41, 5.74) is 5.56. The van der Waals surface area contributed by atoms with Crippen LogP contribution in [0.3, 0.4) is 0 Å². The molecule has 0 aliphatic rings. The molecule has 0 saturated heterocycles. The first-order chi connectivity index (χ1) is 5.43. The zero-order valence-electron chi connectivity index (χ0n) is 8.04. The minimum Gasteiger partial charge on any atom is -0.462 e. The first-order valence-corrected chi connectivity index (χ1v) is 4.22. The Hall–Kier alpha value is -0.570. The number of hydrogen-bond acceptors (Lipinski definition) is 3. The zero-order chi connectivity index (χ0) is 9.72. The van der Waals surface area contributed by atoms with Gasteiger partial charge in [-0.15, -0.1) is 0 Å². The van der Waals surface area contributed by atoms with Gasteiger partial charge in [-0.05, 0) is 26.2 Å². The third-order valence-electron chi connectivity index (χ3n) is 1.35. The van der Waals surface area contributed by atoms with E-state index in [2.05, 4.69) is 6.92 Å². The number of nitrogens with two attached hydrogens (primary N) is 1. The Bertz CT molecular complexity index is 143. The number of carbonyl (C=O) groups excluding carboxylic acids is 1. The van der Waals surface area contributed by atoms with Crippen LogP contribution in [-0.4, -0.2) is 18.1 Å². The van der Waals surface area contributed by atoms with Gasteiger partial charge in [-0.1, -0.05) is 13.8 Å². The van der Waals surface area contributed by atoms with Crippen molar-refractivity contribution < 1.29 is 9.53 Å². The van der Waals surface area contributed by atoms with Gasteiger partial charge in [0.2, 0.25) is 0 Å². The number of hydrogen-bond donors (Lipinski definition) is 1. The van der Waals surface area contributed by atoms with Crippen molar-refractivity contribution in [2.75, 3.05) is 0 Å². The molecule has 0 aliphatic carbocycles. The van der Waals surface area contributed by atoms with Gasteiger partial charge in [-0.3, -0.25) is 4.79 Å². The molecule has 3 heteroatoms. The second-order valence-corrected chi connectivity index (χ2v) is 3.48. The summed E-state index contributed by atoms with van der Waals surface area (Å²) in [7, 11) is 0. The Morgan fingerprint density at radius 1 is 1.50 bits per heavy atom. The minimum absolute atomic E-state index is 0.323. The lowest BCUT2D eigenvalue weighted by atomic mass is 10.1. The van der Waals surface area contributed by atoms with Crippen molar-refractivity contribution in [3.63, 3.8) is 0 Å². The molecule has 0 aromatic rings. The highest BCUT2D eigenvalue weighted by Crippen LogP contribution is 2.04. The van der Waals surface area contributed by atoms with Crippen LogP contribution < -0.4 is 5.73 Å². The molecule has 71 valence electrons. The predicted molar refractivity (Wildman–Crippen MR) is 48.3 cm³/mol. The molecule has 2 atom stereocenters. The van der Waals surface area contributed by atoms with Gasteiger partial charge < -0.3 is 10.5 Å². The van der Waals surface area contributed by atoms with Gasteiger partial charge in [0.25, 0.3) is 0 Å². The largest absolute Gasteiger partial charge is 0.462 e. The normalized spacial score (nSPS) is 13.6. The molecule has 1 radical (unpaired) electrons. The van der Waals surface area contributed by atoms with Crippen LogP contribution in [-0.2, 0) is 9.53 Å². The third kappa shape index (κ3) is 5.13. The van der Waals surface area contributed by atoms with E-state index in [-0.39, 0.29) is 12.1 Å². The van der Waals surface area contributed by atoms with Crippen LogP contribution in [0.1, 0.15) is 27.2 Å². The summed E-state index contributed by atoms with van der Waals surface area (Å²) in [6.07, 6.45) is 0.335. The summed E-state index contributed by atoms with van der Waals surface area (Å²) < 4.78 is 4.84. The molecule has 0 rings (SSSR count). The van der Waals surface area contributed by atoms with Crippen molar-refractivity contribution in [3.05, 3.63) is 6.92 Å². The Kier molecular flexibility index (Phi) is 4.90. The molecular formula is C9H18NO2. The number of ether oxygens (including phenoxy) is 1. The van der Waals surface area contributed by atoms with Crippen molar-refractivity contribution >= 4 is 5.97 Å². The fraction of sp³-hybridized carbons (Fsp3) is 0.778. The average Bonchev–Trinajstić information content (AvgIpc) is 1.84. The molecule has 0 fully saturated rings. The molecule has 0 spiro atoms. The summed E-state index contributed by atoms with van der Waals surface area (Å²) >= 11 is 0. The minimum atomic E-state index is -0.505. The molecule has 0 amide bonds. The smallest absolute Gasteiger partial charge is 0.323 e.